The zero-order chi connectivity index (χ0) is 38.8. The SMILES string of the molecule is CCC(CC)C(=O)/C=C(\O)C(CC)CC.Cc1[c-]c(-c2nccc3c2sc2c(C)c(-c4cc5oc(CC(C)(C)C(F)(F)F)cc5o4)ccc23)cc(C)c1.[Ir]. The van der Waals surface area contributed by atoms with E-state index in [0.717, 1.165) is 73.8 Å². The van der Waals surface area contributed by atoms with Gasteiger partial charge in [0.15, 0.2) is 16.9 Å². The maximum Gasteiger partial charge on any atom is 0.394 e. The van der Waals surface area contributed by atoms with Gasteiger partial charge in [0.05, 0.1) is 11.2 Å². The van der Waals surface area contributed by atoms with Crippen LogP contribution in [0, 0.1) is 44.1 Å². The predicted molar refractivity (Wildman–Crippen MR) is 210 cm³/mol. The molecule has 6 rings (SSSR count). The maximum atomic E-state index is 13.3. The molecule has 54 heavy (non-hydrogen) atoms. The first kappa shape index (κ1) is 43.0. The minimum atomic E-state index is -4.32. The van der Waals surface area contributed by atoms with E-state index in [2.05, 4.69) is 38.1 Å². The number of aliphatic hydroxyl groups excluding tert-OH is 1. The molecule has 0 saturated heterocycles. The van der Waals surface area contributed by atoms with Crippen molar-refractivity contribution in [1.82, 2.24) is 4.98 Å². The van der Waals surface area contributed by atoms with E-state index in [1.807, 2.05) is 52.9 Å². The molecule has 4 aromatic heterocycles. The molecule has 2 aromatic carbocycles. The number of hydrogen-bond acceptors (Lipinski definition) is 6. The zero-order valence-corrected chi connectivity index (χ0v) is 35.6. The van der Waals surface area contributed by atoms with Gasteiger partial charge in [0.1, 0.15) is 11.5 Å². The number of carbonyl (C=O) groups is 1. The number of rotatable bonds is 11. The van der Waals surface area contributed by atoms with E-state index in [9.17, 15) is 23.1 Å². The van der Waals surface area contributed by atoms with Gasteiger partial charge in [-0.2, -0.15) is 13.2 Å². The molecule has 0 aliphatic heterocycles. The number of allylic oxidation sites excluding steroid dienone is 2. The summed E-state index contributed by atoms with van der Waals surface area (Å²) in [5, 5.41) is 12.0. The van der Waals surface area contributed by atoms with E-state index < -0.39 is 11.6 Å². The number of aromatic nitrogens is 1. The van der Waals surface area contributed by atoms with Crippen LogP contribution in [0.3, 0.4) is 0 Å². The van der Waals surface area contributed by atoms with Crippen LogP contribution in [0.15, 0.2) is 69.3 Å². The molecule has 1 radical (unpaired) electrons. The first-order valence-electron chi connectivity index (χ1n) is 18.4. The average Bonchev–Trinajstić information content (AvgIpc) is 3.77. The van der Waals surface area contributed by atoms with Gasteiger partial charge in [-0.05, 0) is 55.0 Å². The van der Waals surface area contributed by atoms with Crippen LogP contribution >= 0.6 is 11.3 Å². The number of aryl methyl sites for hydroxylation is 3. The fourth-order valence-corrected chi connectivity index (χ4v) is 8.11. The quantitative estimate of drug-likeness (QED) is 0.0796. The molecule has 6 aromatic rings. The number of furan rings is 2. The van der Waals surface area contributed by atoms with Crippen molar-refractivity contribution in [3.05, 3.63) is 89.0 Å². The Balaban J connectivity index is 0.000000347. The number of aliphatic hydroxyl groups is 1. The van der Waals surface area contributed by atoms with Crippen LogP contribution in [-0.2, 0) is 31.3 Å². The molecule has 4 heterocycles. The number of nitrogens with zero attached hydrogens (tertiary/aromatic N) is 1. The standard InChI is InChI=1S/C31H25F3NO2S.C13H24O2.Ir/c1-16-10-17(2)12-19(11-16)27-29-23(8-9-35-27)22-7-6-21(18(3)28(22)38-29)24-14-26-25(37-24)13-20(36-26)15-30(4,5)31(32,33)34;1-5-10(6-2)12(14)9-13(15)11(7-3)8-4;/h6-11,13-14H,15H2,1-5H3;9-11,14H,5-8H2,1-4H3;/q-1;;/b;12-9-;. The van der Waals surface area contributed by atoms with Crippen molar-refractivity contribution in [2.24, 2.45) is 17.3 Å². The Kier molecular flexibility index (Phi) is 13.8. The minimum Gasteiger partial charge on any atom is -0.512 e. The normalized spacial score (nSPS) is 12.5. The Bertz CT molecular complexity index is 2220. The molecule has 0 spiro atoms. The third kappa shape index (κ3) is 9.04. The van der Waals surface area contributed by atoms with Crippen molar-refractivity contribution in [2.45, 2.75) is 101 Å². The number of carbonyl (C=O) groups excluding carboxylic acids is 1. The van der Waals surface area contributed by atoms with E-state index in [4.69, 9.17) is 13.8 Å². The number of hydrogen-bond donors (Lipinski definition) is 1. The Morgan fingerprint density at radius 1 is 0.889 bits per heavy atom. The van der Waals surface area contributed by atoms with Crippen LogP contribution < -0.4 is 0 Å². The number of pyridine rings is 1. The van der Waals surface area contributed by atoms with Crippen molar-refractivity contribution < 1.29 is 52.0 Å². The molecule has 0 saturated carbocycles. The second-order valence-corrected chi connectivity index (χ2v) is 15.6. The number of benzene rings is 2. The molecule has 0 aliphatic rings. The van der Waals surface area contributed by atoms with Gasteiger partial charge in [0.2, 0.25) is 0 Å². The van der Waals surface area contributed by atoms with Crippen molar-refractivity contribution >= 4 is 48.5 Å². The van der Waals surface area contributed by atoms with E-state index in [0.29, 0.717) is 16.9 Å². The van der Waals surface area contributed by atoms with Gasteiger partial charge >= 0.3 is 6.18 Å². The summed E-state index contributed by atoms with van der Waals surface area (Å²) in [5.74, 6) is 1.43. The van der Waals surface area contributed by atoms with E-state index >= 15 is 0 Å². The fourth-order valence-electron chi connectivity index (χ4n) is 6.80. The minimum absolute atomic E-state index is 0. The molecular formula is C44H49F3IrNO4S-. The molecule has 10 heteroatoms. The summed E-state index contributed by atoms with van der Waals surface area (Å²) >= 11 is 1.70. The molecule has 5 nitrogen and oxygen atoms in total. The molecule has 1 N–H and O–H groups in total. The summed E-state index contributed by atoms with van der Waals surface area (Å²) in [6, 6.07) is 17.2. The number of alkyl halides is 3. The third-order valence-electron chi connectivity index (χ3n) is 10.2. The van der Waals surface area contributed by atoms with Crippen molar-refractivity contribution in [3.63, 3.8) is 0 Å². The van der Waals surface area contributed by atoms with Crippen LogP contribution in [-0.4, -0.2) is 22.1 Å². The predicted octanol–water partition coefficient (Wildman–Crippen LogP) is 13.8. The Morgan fingerprint density at radius 2 is 1.52 bits per heavy atom. The molecular weight excluding hydrogens is 888 g/mol. The molecule has 291 valence electrons. The van der Waals surface area contributed by atoms with Gasteiger partial charge in [0.25, 0.3) is 0 Å². The third-order valence-corrected chi connectivity index (χ3v) is 11.5. The van der Waals surface area contributed by atoms with Gasteiger partial charge in [-0.1, -0.05) is 67.5 Å². The van der Waals surface area contributed by atoms with E-state index in [1.54, 1.807) is 23.5 Å². The average molecular weight is 937 g/mol. The summed E-state index contributed by atoms with van der Waals surface area (Å²) in [6.45, 7) is 16.6. The van der Waals surface area contributed by atoms with E-state index in [1.165, 1.54) is 25.5 Å². The number of thiophene rings is 1. The summed E-state index contributed by atoms with van der Waals surface area (Å²) in [5.41, 5.74) is 5.12. The zero-order valence-electron chi connectivity index (χ0n) is 32.4. The Hall–Kier alpha value is -3.72. The van der Waals surface area contributed by atoms with Crippen LogP contribution in [0.2, 0.25) is 0 Å². The molecule has 0 bridgehead atoms. The Labute approximate surface area is 333 Å². The van der Waals surface area contributed by atoms with Gasteiger partial charge in [0, 0.05) is 83.4 Å². The van der Waals surface area contributed by atoms with Crippen LogP contribution in [0.25, 0.3) is 53.9 Å². The molecule has 0 atom stereocenters. The summed E-state index contributed by atoms with van der Waals surface area (Å²) < 4.78 is 54.0. The van der Waals surface area contributed by atoms with Gasteiger partial charge in [-0.25, -0.2) is 0 Å². The number of fused-ring (bicyclic) bond motifs is 4. The fraction of sp³-hybridized carbons (Fsp3) is 0.409. The van der Waals surface area contributed by atoms with Crippen molar-refractivity contribution in [3.8, 4) is 22.6 Å². The summed E-state index contributed by atoms with van der Waals surface area (Å²) in [7, 11) is 0. The summed E-state index contributed by atoms with van der Waals surface area (Å²) in [4.78, 5) is 16.4. The first-order chi connectivity index (χ1) is 25.0. The van der Waals surface area contributed by atoms with Gasteiger partial charge in [-0.15, -0.1) is 46.2 Å². The van der Waals surface area contributed by atoms with Crippen LogP contribution in [0.5, 0.6) is 0 Å². The molecule has 0 unspecified atom stereocenters. The summed E-state index contributed by atoms with van der Waals surface area (Å²) in [6.07, 6.45) is 2.17. The number of ketones is 1. The van der Waals surface area contributed by atoms with Gasteiger partial charge in [-0.3, -0.25) is 4.79 Å². The second-order valence-electron chi connectivity index (χ2n) is 14.6. The first-order valence-corrected chi connectivity index (χ1v) is 19.2. The van der Waals surface area contributed by atoms with E-state index in [-0.39, 0.29) is 55.7 Å². The topological polar surface area (TPSA) is 76.5 Å². The van der Waals surface area contributed by atoms with Crippen LogP contribution in [0.1, 0.15) is 89.7 Å². The number of halogens is 3. The smallest absolute Gasteiger partial charge is 0.394 e. The van der Waals surface area contributed by atoms with Crippen molar-refractivity contribution in [2.75, 3.05) is 0 Å². The monoisotopic (exact) mass is 937 g/mol. The maximum absolute atomic E-state index is 13.3. The van der Waals surface area contributed by atoms with Crippen molar-refractivity contribution in [1.29, 1.82) is 0 Å². The van der Waals surface area contributed by atoms with Crippen LogP contribution in [0.4, 0.5) is 13.2 Å². The Morgan fingerprint density at radius 3 is 2.11 bits per heavy atom. The largest absolute Gasteiger partial charge is 0.512 e. The second kappa shape index (κ2) is 17.4. The molecule has 0 aliphatic carbocycles. The molecule has 0 fully saturated rings. The van der Waals surface area contributed by atoms with Gasteiger partial charge < -0.3 is 18.9 Å². The molecule has 0 amide bonds.